The van der Waals surface area contributed by atoms with Crippen molar-refractivity contribution in [3.63, 3.8) is 0 Å². The first kappa shape index (κ1) is 23.8. The van der Waals surface area contributed by atoms with E-state index in [1.165, 1.54) is 12.1 Å². The molecule has 0 bridgehead atoms. The Morgan fingerprint density at radius 3 is 2.74 bits per heavy atom. The third-order valence-corrected chi connectivity index (χ3v) is 5.84. The molecule has 1 unspecified atom stereocenters. The van der Waals surface area contributed by atoms with Crippen LogP contribution in [0, 0.1) is 5.82 Å². The number of aryl methyl sites for hydroxylation is 1. The van der Waals surface area contributed by atoms with Crippen LogP contribution in [0.3, 0.4) is 0 Å². The zero-order valence-corrected chi connectivity index (χ0v) is 19.6. The van der Waals surface area contributed by atoms with Crippen molar-refractivity contribution < 1.29 is 23.4 Å². The largest absolute Gasteiger partial charge is 0.497 e. The average Bonchev–Trinajstić information content (AvgIpc) is 3.49. The van der Waals surface area contributed by atoms with Gasteiger partial charge >= 0.3 is 0 Å². The number of methoxy groups -OCH3 is 1. The van der Waals surface area contributed by atoms with E-state index >= 15 is 0 Å². The second-order valence-electron chi connectivity index (χ2n) is 8.19. The van der Waals surface area contributed by atoms with Crippen molar-refractivity contribution in [2.75, 3.05) is 20.3 Å². The molecule has 0 radical (unpaired) electrons. The number of rotatable bonds is 10. The smallest absolute Gasteiger partial charge is 0.226 e. The Labute approximate surface area is 198 Å². The molecule has 4 rings (SSSR count). The van der Waals surface area contributed by atoms with Crippen molar-refractivity contribution >= 4 is 5.91 Å². The van der Waals surface area contributed by atoms with Crippen molar-refractivity contribution in [2.24, 2.45) is 0 Å². The highest BCUT2D eigenvalue weighted by Gasteiger charge is 2.22. The van der Waals surface area contributed by atoms with Gasteiger partial charge in [0.25, 0.3) is 0 Å². The molecule has 8 heteroatoms. The first-order chi connectivity index (χ1) is 16.6. The number of aromatic nitrogens is 2. The highest BCUT2D eigenvalue weighted by molar-refractivity contribution is 5.76. The molecule has 0 aliphatic carbocycles. The lowest BCUT2D eigenvalue weighted by Gasteiger charge is -2.13. The lowest BCUT2D eigenvalue weighted by Crippen LogP contribution is -2.31. The minimum absolute atomic E-state index is 0.0496. The Morgan fingerprint density at radius 1 is 1.24 bits per heavy atom. The highest BCUT2D eigenvalue weighted by atomic mass is 19.1. The van der Waals surface area contributed by atoms with Crippen LogP contribution in [0.2, 0.25) is 0 Å². The Bertz CT molecular complexity index is 1110. The van der Waals surface area contributed by atoms with E-state index in [9.17, 15) is 9.18 Å². The van der Waals surface area contributed by atoms with E-state index in [2.05, 4.69) is 5.32 Å². The van der Waals surface area contributed by atoms with Crippen LogP contribution in [0.25, 0.3) is 5.69 Å². The summed E-state index contributed by atoms with van der Waals surface area (Å²) in [5.41, 5.74) is 2.43. The molecular weight excluding hydrogens is 437 g/mol. The number of nitrogens with zero attached hydrogens (tertiary/aromatic N) is 2. The number of carbonyl (C=O) groups is 1. The van der Waals surface area contributed by atoms with Gasteiger partial charge in [-0.25, -0.2) is 9.07 Å². The predicted octanol–water partition coefficient (Wildman–Crippen LogP) is 4.60. The Balaban J connectivity index is 1.60. The number of amides is 1. The summed E-state index contributed by atoms with van der Waals surface area (Å²) in [5.74, 6) is 1.12. The number of hydrogen-bond donors (Lipinski definition) is 1. The number of halogens is 1. The minimum Gasteiger partial charge on any atom is -0.497 e. The second kappa shape index (κ2) is 11.2. The van der Waals surface area contributed by atoms with Crippen molar-refractivity contribution in [3.05, 3.63) is 65.6 Å². The zero-order chi connectivity index (χ0) is 23.9. The second-order valence-corrected chi connectivity index (χ2v) is 8.19. The molecule has 3 aromatic rings. The first-order valence-electron chi connectivity index (χ1n) is 11.6. The van der Waals surface area contributed by atoms with E-state index in [0.717, 1.165) is 42.1 Å². The van der Waals surface area contributed by atoms with Crippen molar-refractivity contribution in [1.29, 1.82) is 0 Å². The van der Waals surface area contributed by atoms with Gasteiger partial charge in [0.15, 0.2) is 0 Å². The molecule has 1 atom stereocenters. The van der Waals surface area contributed by atoms with Crippen LogP contribution in [0.5, 0.6) is 17.4 Å². The van der Waals surface area contributed by atoms with Crippen LogP contribution < -0.4 is 14.8 Å². The Hall–Kier alpha value is -3.39. The maximum absolute atomic E-state index is 13.8. The SMILES string of the molecule is CCc1nn(-c2ccc(OC)cc2)c(Oc2cccc(F)c2)c1CCC(=O)NCC1CCCO1. The van der Waals surface area contributed by atoms with Gasteiger partial charge in [0, 0.05) is 31.2 Å². The number of carbonyl (C=O) groups excluding carboxylic acids is 1. The van der Waals surface area contributed by atoms with E-state index in [1.807, 2.05) is 31.2 Å². The van der Waals surface area contributed by atoms with E-state index in [0.29, 0.717) is 31.0 Å². The van der Waals surface area contributed by atoms with Gasteiger partial charge in [-0.2, -0.15) is 5.10 Å². The van der Waals surface area contributed by atoms with Crippen LogP contribution >= 0.6 is 0 Å². The molecule has 1 aromatic heterocycles. The van der Waals surface area contributed by atoms with Gasteiger partial charge in [-0.3, -0.25) is 4.79 Å². The maximum atomic E-state index is 13.8. The molecule has 1 amide bonds. The fourth-order valence-electron chi connectivity index (χ4n) is 4.02. The molecule has 2 aromatic carbocycles. The van der Waals surface area contributed by atoms with Crippen LogP contribution in [0.4, 0.5) is 4.39 Å². The summed E-state index contributed by atoms with van der Waals surface area (Å²) in [7, 11) is 1.61. The molecule has 180 valence electrons. The number of nitrogens with one attached hydrogen (secondary N) is 1. The molecule has 0 saturated carbocycles. The van der Waals surface area contributed by atoms with Gasteiger partial charge in [0.1, 0.15) is 17.3 Å². The summed E-state index contributed by atoms with van der Waals surface area (Å²) < 4.78 is 32.5. The summed E-state index contributed by atoms with van der Waals surface area (Å²) >= 11 is 0. The van der Waals surface area contributed by atoms with Crippen molar-refractivity contribution in [1.82, 2.24) is 15.1 Å². The lowest BCUT2D eigenvalue weighted by molar-refractivity contribution is -0.121. The van der Waals surface area contributed by atoms with Crippen molar-refractivity contribution in [3.8, 4) is 23.1 Å². The summed E-state index contributed by atoms with van der Waals surface area (Å²) in [6.07, 6.45) is 3.50. The number of ether oxygens (including phenoxy) is 3. The average molecular weight is 468 g/mol. The topological polar surface area (TPSA) is 74.6 Å². The van der Waals surface area contributed by atoms with Gasteiger partial charge in [0.05, 0.1) is 24.6 Å². The zero-order valence-electron chi connectivity index (χ0n) is 19.6. The molecular formula is C26H30FN3O4. The lowest BCUT2D eigenvalue weighted by atomic mass is 10.1. The summed E-state index contributed by atoms with van der Waals surface area (Å²) in [5, 5.41) is 7.73. The minimum atomic E-state index is -0.390. The fourth-order valence-corrected chi connectivity index (χ4v) is 4.02. The summed E-state index contributed by atoms with van der Waals surface area (Å²) in [6.45, 7) is 3.29. The standard InChI is InChI=1S/C26H30FN3O4/c1-3-24-23(13-14-25(31)28-17-22-8-5-15-33-22)26(34-21-7-4-6-18(27)16-21)30(29-24)19-9-11-20(32-2)12-10-19/h4,6-7,9-12,16,22H,3,5,8,13-15,17H2,1-2H3,(H,28,31). The molecule has 1 aliphatic heterocycles. The van der Waals surface area contributed by atoms with Crippen molar-refractivity contribution in [2.45, 2.75) is 45.1 Å². The summed E-state index contributed by atoms with van der Waals surface area (Å²) in [6, 6.07) is 13.4. The first-order valence-corrected chi connectivity index (χ1v) is 11.6. The highest BCUT2D eigenvalue weighted by Crippen LogP contribution is 2.33. The van der Waals surface area contributed by atoms with Gasteiger partial charge in [-0.05, 0) is 62.1 Å². The van der Waals surface area contributed by atoms with Gasteiger partial charge in [-0.1, -0.05) is 13.0 Å². The summed E-state index contributed by atoms with van der Waals surface area (Å²) in [4.78, 5) is 12.5. The van der Waals surface area contributed by atoms with E-state index in [4.69, 9.17) is 19.3 Å². The molecule has 34 heavy (non-hydrogen) atoms. The van der Waals surface area contributed by atoms with Crippen LogP contribution in [-0.4, -0.2) is 42.1 Å². The van der Waals surface area contributed by atoms with E-state index in [-0.39, 0.29) is 18.4 Å². The Kier molecular flexibility index (Phi) is 7.80. The molecule has 0 spiro atoms. The maximum Gasteiger partial charge on any atom is 0.226 e. The Morgan fingerprint density at radius 2 is 2.06 bits per heavy atom. The number of hydrogen-bond acceptors (Lipinski definition) is 5. The molecule has 1 saturated heterocycles. The van der Waals surface area contributed by atoms with Crippen LogP contribution in [-0.2, 0) is 22.4 Å². The molecule has 2 heterocycles. The predicted molar refractivity (Wildman–Crippen MR) is 126 cm³/mol. The normalized spacial score (nSPS) is 15.3. The van der Waals surface area contributed by atoms with Crippen LogP contribution in [0.1, 0.15) is 37.4 Å². The molecule has 1 N–H and O–H groups in total. The van der Waals surface area contributed by atoms with Gasteiger partial charge in [0.2, 0.25) is 11.8 Å². The number of benzene rings is 2. The third kappa shape index (κ3) is 5.75. The van der Waals surface area contributed by atoms with Crippen LogP contribution in [0.15, 0.2) is 48.5 Å². The van der Waals surface area contributed by atoms with E-state index < -0.39 is 5.82 Å². The fraction of sp³-hybridized carbons (Fsp3) is 0.385. The monoisotopic (exact) mass is 467 g/mol. The molecule has 1 aliphatic rings. The third-order valence-electron chi connectivity index (χ3n) is 5.84. The van der Waals surface area contributed by atoms with E-state index in [1.54, 1.807) is 23.9 Å². The van der Waals surface area contributed by atoms with Gasteiger partial charge in [-0.15, -0.1) is 0 Å². The van der Waals surface area contributed by atoms with Gasteiger partial charge < -0.3 is 19.5 Å². The molecule has 7 nitrogen and oxygen atoms in total. The quantitative estimate of drug-likeness (QED) is 0.472. The molecule has 1 fully saturated rings.